The summed E-state index contributed by atoms with van der Waals surface area (Å²) in [5.74, 6) is 2.67. The van der Waals surface area contributed by atoms with Crippen LogP contribution in [0.25, 0.3) is 0 Å². The van der Waals surface area contributed by atoms with Crippen LogP contribution in [0.3, 0.4) is 0 Å². The van der Waals surface area contributed by atoms with Crippen molar-refractivity contribution in [2.24, 2.45) is 23.7 Å². The first-order chi connectivity index (χ1) is 8.49. The molecule has 7 atom stereocenters. The van der Waals surface area contributed by atoms with Gasteiger partial charge in [-0.3, -0.25) is 0 Å². The lowest BCUT2D eigenvalue weighted by Crippen LogP contribution is -2.53. The van der Waals surface area contributed by atoms with Crippen molar-refractivity contribution in [1.82, 2.24) is 0 Å². The second kappa shape index (κ2) is 4.68. The highest BCUT2D eigenvalue weighted by atomic mass is 32.1. The third-order valence-electron chi connectivity index (χ3n) is 5.56. The molecule has 0 aromatic carbocycles. The molecule has 18 heavy (non-hydrogen) atoms. The highest BCUT2D eigenvalue weighted by Gasteiger charge is 2.53. The molecule has 0 radical (unpaired) electrons. The first-order valence-electron chi connectivity index (χ1n) is 7.48. The fourth-order valence-electron chi connectivity index (χ4n) is 4.43. The quantitative estimate of drug-likeness (QED) is 0.679. The van der Waals surface area contributed by atoms with E-state index in [0.29, 0.717) is 23.9 Å². The highest BCUT2D eigenvalue weighted by Crippen LogP contribution is 2.54. The maximum absolute atomic E-state index is 6.14. The summed E-state index contributed by atoms with van der Waals surface area (Å²) in [6, 6.07) is 0. The number of ether oxygens (including phenoxy) is 2. The molecule has 1 saturated carbocycles. The zero-order chi connectivity index (χ0) is 12.9. The molecule has 0 spiro atoms. The Morgan fingerprint density at radius 3 is 2.72 bits per heavy atom. The molecule has 2 aliphatic heterocycles. The standard InChI is InChI=1S/C15H26O2S/c1-9-8-16-14-13-11(9)6-7-15(3,18)12(13)5-4-10(2)17-14/h9-14,18H,4-8H2,1-3H3/t9-,10?,11?,12?,13?,14?,15-/m0/s1. The molecular formula is C15H26O2S. The summed E-state index contributed by atoms with van der Waals surface area (Å²) >= 11 is 4.98. The zero-order valence-corrected chi connectivity index (χ0v) is 12.7. The van der Waals surface area contributed by atoms with Gasteiger partial charge in [-0.15, -0.1) is 0 Å². The van der Waals surface area contributed by atoms with E-state index in [0.717, 1.165) is 18.9 Å². The van der Waals surface area contributed by atoms with Crippen LogP contribution in [0.2, 0.25) is 0 Å². The van der Waals surface area contributed by atoms with Crippen LogP contribution in [0.15, 0.2) is 0 Å². The summed E-state index contributed by atoms with van der Waals surface area (Å²) in [5.41, 5.74) is 0. The van der Waals surface area contributed by atoms with Crippen LogP contribution in [-0.4, -0.2) is 23.7 Å². The Labute approximate surface area is 116 Å². The number of thiol groups is 1. The first kappa shape index (κ1) is 13.3. The van der Waals surface area contributed by atoms with Crippen LogP contribution in [0.1, 0.15) is 46.5 Å². The van der Waals surface area contributed by atoms with E-state index >= 15 is 0 Å². The molecule has 0 aromatic heterocycles. The van der Waals surface area contributed by atoms with E-state index in [1.165, 1.54) is 19.3 Å². The van der Waals surface area contributed by atoms with E-state index in [4.69, 9.17) is 22.1 Å². The van der Waals surface area contributed by atoms with Crippen LogP contribution in [0.4, 0.5) is 0 Å². The molecule has 3 heteroatoms. The second-order valence-corrected chi connectivity index (χ2v) is 7.97. The van der Waals surface area contributed by atoms with Crippen molar-refractivity contribution in [1.29, 1.82) is 0 Å². The smallest absolute Gasteiger partial charge is 0.161 e. The van der Waals surface area contributed by atoms with Gasteiger partial charge in [-0.2, -0.15) is 12.6 Å². The van der Waals surface area contributed by atoms with Gasteiger partial charge < -0.3 is 9.47 Å². The number of hydrogen-bond donors (Lipinski definition) is 1. The van der Waals surface area contributed by atoms with Crippen LogP contribution < -0.4 is 0 Å². The van der Waals surface area contributed by atoms with Crippen molar-refractivity contribution < 1.29 is 9.47 Å². The maximum atomic E-state index is 6.14. The summed E-state index contributed by atoms with van der Waals surface area (Å²) in [6.07, 6.45) is 5.29. The molecule has 5 unspecified atom stereocenters. The van der Waals surface area contributed by atoms with Crippen LogP contribution >= 0.6 is 12.6 Å². The molecule has 3 fully saturated rings. The molecule has 2 heterocycles. The van der Waals surface area contributed by atoms with Crippen molar-refractivity contribution in [3.63, 3.8) is 0 Å². The molecule has 1 aliphatic carbocycles. The van der Waals surface area contributed by atoms with Crippen molar-refractivity contribution in [3.8, 4) is 0 Å². The van der Waals surface area contributed by atoms with E-state index in [9.17, 15) is 0 Å². The Morgan fingerprint density at radius 2 is 1.94 bits per heavy atom. The second-order valence-electron chi connectivity index (χ2n) is 6.95. The van der Waals surface area contributed by atoms with Crippen molar-refractivity contribution >= 4 is 12.6 Å². The average molecular weight is 270 g/mol. The maximum Gasteiger partial charge on any atom is 0.161 e. The Hall–Kier alpha value is 0.270. The fraction of sp³-hybridized carbons (Fsp3) is 1.00. The van der Waals surface area contributed by atoms with Gasteiger partial charge >= 0.3 is 0 Å². The molecule has 104 valence electrons. The van der Waals surface area contributed by atoms with Crippen molar-refractivity contribution in [2.75, 3.05) is 6.61 Å². The Balaban J connectivity index is 1.93. The highest BCUT2D eigenvalue weighted by molar-refractivity contribution is 7.81. The van der Waals surface area contributed by atoms with E-state index in [2.05, 4.69) is 20.8 Å². The normalized spacial score (nSPS) is 56.7. The predicted molar refractivity (Wildman–Crippen MR) is 75.8 cm³/mol. The van der Waals surface area contributed by atoms with Gasteiger partial charge in [0.2, 0.25) is 0 Å². The van der Waals surface area contributed by atoms with Gasteiger partial charge in [-0.1, -0.05) is 13.8 Å². The third-order valence-corrected chi connectivity index (χ3v) is 6.12. The minimum atomic E-state index is 0.0282. The fourth-order valence-corrected chi connectivity index (χ4v) is 4.86. The summed E-state index contributed by atoms with van der Waals surface area (Å²) < 4.78 is 12.3. The van der Waals surface area contributed by atoms with Gasteiger partial charge in [0.05, 0.1) is 12.7 Å². The van der Waals surface area contributed by atoms with Gasteiger partial charge in [0.15, 0.2) is 6.29 Å². The largest absolute Gasteiger partial charge is 0.352 e. The summed E-state index contributed by atoms with van der Waals surface area (Å²) in [6.45, 7) is 7.72. The van der Waals surface area contributed by atoms with Crippen LogP contribution in [0, 0.1) is 23.7 Å². The van der Waals surface area contributed by atoms with Crippen molar-refractivity contribution in [3.05, 3.63) is 0 Å². The zero-order valence-electron chi connectivity index (χ0n) is 11.8. The Bertz CT molecular complexity index is 318. The first-order valence-corrected chi connectivity index (χ1v) is 7.93. The average Bonchev–Trinajstić information content (AvgIpc) is 2.47. The van der Waals surface area contributed by atoms with Crippen molar-refractivity contribution in [2.45, 2.75) is 63.6 Å². The van der Waals surface area contributed by atoms with Gasteiger partial charge in [0.1, 0.15) is 0 Å². The molecular weight excluding hydrogens is 244 g/mol. The minimum Gasteiger partial charge on any atom is -0.352 e. The molecule has 2 saturated heterocycles. The molecule has 2 nitrogen and oxygen atoms in total. The van der Waals surface area contributed by atoms with E-state index in [1.54, 1.807) is 0 Å². The number of rotatable bonds is 0. The van der Waals surface area contributed by atoms with Gasteiger partial charge in [0, 0.05) is 10.7 Å². The topological polar surface area (TPSA) is 18.5 Å². The SMILES string of the molecule is CC1CCC2C3C(OC[C@H](C)C3CC[C@]2(C)S)O1. The summed E-state index contributed by atoms with van der Waals surface area (Å²) in [5, 5.41) is 0. The molecule has 0 aromatic rings. The molecule has 0 N–H and O–H groups in total. The van der Waals surface area contributed by atoms with Gasteiger partial charge in [0.25, 0.3) is 0 Å². The lowest BCUT2D eigenvalue weighted by Gasteiger charge is -2.52. The van der Waals surface area contributed by atoms with Gasteiger partial charge in [-0.05, 0) is 50.4 Å². The predicted octanol–water partition coefficient (Wildman–Crippen LogP) is 3.51. The lowest BCUT2D eigenvalue weighted by molar-refractivity contribution is -0.247. The molecule has 0 bridgehead atoms. The monoisotopic (exact) mass is 270 g/mol. The summed E-state index contributed by atoms with van der Waals surface area (Å²) in [4.78, 5) is 0. The summed E-state index contributed by atoms with van der Waals surface area (Å²) in [7, 11) is 0. The third kappa shape index (κ3) is 2.12. The Kier molecular flexibility index (Phi) is 3.44. The number of hydrogen-bond acceptors (Lipinski definition) is 3. The van der Waals surface area contributed by atoms with Gasteiger partial charge in [-0.25, -0.2) is 0 Å². The van der Waals surface area contributed by atoms with E-state index in [1.807, 2.05) is 0 Å². The molecule has 0 amide bonds. The minimum absolute atomic E-state index is 0.0282. The van der Waals surface area contributed by atoms with E-state index < -0.39 is 0 Å². The van der Waals surface area contributed by atoms with E-state index in [-0.39, 0.29) is 11.0 Å². The van der Waals surface area contributed by atoms with Crippen LogP contribution in [-0.2, 0) is 9.47 Å². The molecule has 3 aliphatic rings. The Morgan fingerprint density at radius 1 is 1.17 bits per heavy atom. The lowest BCUT2D eigenvalue weighted by atomic mass is 9.61. The van der Waals surface area contributed by atoms with Crippen LogP contribution in [0.5, 0.6) is 0 Å². The molecule has 3 rings (SSSR count).